The molecule has 0 saturated carbocycles. The van der Waals surface area contributed by atoms with Gasteiger partial charge in [-0.15, -0.1) is 0 Å². The molecule has 0 spiro atoms. The lowest BCUT2D eigenvalue weighted by Crippen LogP contribution is -2.36. The lowest BCUT2D eigenvalue weighted by atomic mass is 10.2. The fraction of sp³-hybridized carbons (Fsp3) is 0.190. The Balaban J connectivity index is 1.41. The van der Waals surface area contributed by atoms with Gasteiger partial charge in [0.2, 0.25) is 0 Å². The lowest BCUT2D eigenvalue weighted by Gasteiger charge is -2.28. The van der Waals surface area contributed by atoms with Gasteiger partial charge in [-0.25, -0.2) is 0 Å². The fourth-order valence-electron chi connectivity index (χ4n) is 3.07. The first-order valence-electron chi connectivity index (χ1n) is 8.77. The summed E-state index contributed by atoms with van der Waals surface area (Å²) in [4.78, 5) is 14.7. The fourth-order valence-corrected chi connectivity index (χ4v) is 3.07. The van der Waals surface area contributed by atoms with Crippen molar-refractivity contribution in [2.24, 2.45) is 0 Å². The van der Waals surface area contributed by atoms with E-state index >= 15 is 0 Å². The number of hydrogen-bond donors (Lipinski definition) is 1. The topological polar surface area (TPSA) is 46.5 Å². The van der Waals surface area contributed by atoms with Gasteiger partial charge in [0.25, 0.3) is 5.91 Å². The number of benzene rings is 2. The van der Waals surface area contributed by atoms with Crippen molar-refractivity contribution in [3.8, 4) is 5.69 Å². The van der Waals surface area contributed by atoms with Gasteiger partial charge in [0, 0.05) is 48.1 Å². The quantitative estimate of drug-likeness (QED) is 0.785. The third kappa shape index (κ3) is 3.63. The van der Waals surface area contributed by atoms with E-state index in [-0.39, 0.29) is 5.91 Å². The average Bonchev–Trinajstić information content (AvgIpc) is 3.24. The summed E-state index contributed by atoms with van der Waals surface area (Å²) >= 11 is 0. The zero-order valence-electron chi connectivity index (χ0n) is 14.5. The highest BCUT2D eigenvalue weighted by Gasteiger charge is 2.11. The molecule has 0 aliphatic carbocycles. The van der Waals surface area contributed by atoms with Gasteiger partial charge in [0.1, 0.15) is 0 Å². The van der Waals surface area contributed by atoms with E-state index < -0.39 is 0 Å². The van der Waals surface area contributed by atoms with Crippen LogP contribution in [0.2, 0.25) is 0 Å². The van der Waals surface area contributed by atoms with Crippen LogP contribution in [0.5, 0.6) is 0 Å². The van der Waals surface area contributed by atoms with Gasteiger partial charge < -0.3 is 19.5 Å². The molecule has 1 aliphatic rings. The number of carbonyl (C=O) groups excluding carboxylic acids is 1. The molecule has 2 heterocycles. The number of nitrogens with zero attached hydrogens (tertiary/aromatic N) is 2. The molecule has 1 aromatic heterocycles. The second kappa shape index (κ2) is 7.45. The average molecular weight is 347 g/mol. The minimum Gasteiger partial charge on any atom is -0.378 e. The number of morpholine rings is 1. The molecule has 1 fully saturated rings. The normalized spacial score (nSPS) is 14.2. The molecule has 1 saturated heterocycles. The van der Waals surface area contributed by atoms with Gasteiger partial charge >= 0.3 is 0 Å². The van der Waals surface area contributed by atoms with Gasteiger partial charge in [0.05, 0.1) is 13.2 Å². The number of nitrogens with one attached hydrogen (secondary N) is 1. The van der Waals surface area contributed by atoms with E-state index in [2.05, 4.69) is 10.2 Å². The molecule has 26 heavy (non-hydrogen) atoms. The molecular weight excluding hydrogens is 326 g/mol. The van der Waals surface area contributed by atoms with E-state index in [1.165, 1.54) is 0 Å². The predicted octanol–water partition coefficient (Wildman–Crippen LogP) is 3.57. The first kappa shape index (κ1) is 16.4. The molecule has 0 unspecified atom stereocenters. The highest BCUT2D eigenvalue weighted by Crippen LogP contribution is 2.20. The smallest absolute Gasteiger partial charge is 0.255 e. The molecule has 0 radical (unpaired) electrons. The molecule has 0 atom stereocenters. The number of aromatic nitrogens is 1. The number of ether oxygens (including phenoxy) is 1. The largest absolute Gasteiger partial charge is 0.378 e. The van der Waals surface area contributed by atoms with Crippen LogP contribution < -0.4 is 10.2 Å². The number of rotatable bonds is 4. The van der Waals surface area contributed by atoms with Gasteiger partial charge in [-0.1, -0.05) is 0 Å². The molecule has 1 amide bonds. The maximum Gasteiger partial charge on any atom is 0.255 e. The van der Waals surface area contributed by atoms with E-state index in [1.54, 1.807) is 0 Å². The monoisotopic (exact) mass is 347 g/mol. The van der Waals surface area contributed by atoms with Crippen LogP contribution >= 0.6 is 0 Å². The molecule has 3 aromatic rings. The second-order valence-corrected chi connectivity index (χ2v) is 6.24. The Morgan fingerprint density at radius 2 is 1.46 bits per heavy atom. The minimum atomic E-state index is -0.108. The van der Waals surface area contributed by atoms with Crippen LogP contribution in [0.1, 0.15) is 10.4 Å². The Morgan fingerprint density at radius 3 is 2.12 bits per heavy atom. The Labute approximate surface area is 152 Å². The van der Waals surface area contributed by atoms with Crippen LogP contribution in [-0.2, 0) is 4.74 Å². The van der Waals surface area contributed by atoms with E-state index in [1.807, 2.05) is 77.6 Å². The summed E-state index contributed by atoms with van der Waals surface area (Å²) < 4.78 is 7.38. The molecule has 132 valence electrons. The number of amides is 1. The van der Waals surface area contributed by atoms with E-state index in [0.29, 0.717) is 5.56 Å². The summed E-state index contributed by atoms with van der Waals surface area (Å²) in [6, 6.07) is 19.5. The van der Waals surface area contributed by atoms with Crippen LogP contribution in [0.4, 0.5) is 11.4 Å². The molecule has 2 aromatic carbocycles. The Morgan fingerprint density at radius 1 is 0.846 bits per heavy atom. The summed E-state index contributed by atoms with van der Waals surface area (Å²) in [6.07, 6.45) is 3.95. The van der Waals surface area contributed by atoms with Crippen molar-refractivity contribution < 1.29 is 9.53 Å². The zero-order valence-corrected chi connectivity index (χ0v) is 14.5. The van der Waals surface area contributed by atoms with E-state index in [9.17, 15) is 4.79 Å². The van der Waals surface area contributed by atoms with Crippen LogP contribution in [0.15, 0.2) is 73.1 Å². The van der Waals surface area contributed by atoms with Gasteiger partial charge in [-0.3, -0.25) is 4.79 Å². The standard InChI is InChI=1S/C21H21N3O2/c25-21(17-3-7-19(8-4-17)23-11-1-2-12-23)22-18-5-9-20(10-6-18)24-13-15-26-16-14-24/h1-12H,13-16H2,(H,22,25). The van der Waals surface area contributed by atoms with E-state index in [0.717, 1.165) is 43.4 Å². The maximum atomic E-state index is 12.5. The number of hydrogen-bond acceptors (Lipinski definition) is 3. The molecule has 5 heteroatoms. The summed E-state index contributed by atoms with van der Waals surface area (Å²) in [5.74, 6) is -0.108. The highest BCUT2D eigenvalue weighted by atomic mass is 16.5. The predicted molar refractivity (Wildman–Crippen MR) is 103 cm³/mol. The van der Waals surface area contributed by atoms with Gasteiger partial charge in [-0.05, 0) is 60.7 Å². The van der Waals surface area contributed by atoms with E-state index in [4.69, 9.17) is 4.74 Å². The summed E-state index contributed by atoms with van der Waals surface area (Å²) in [7, 11) is 0. The molecule has 4 rings (SSSR count). The van der Waals surface area contributed by atoms with Crippen LogP contribution in [-0.4, -0.2) is 36.8 Å². The minimum absolute atomic E-state index is 0.108. The Kier molecular flexibility index (Phi) is 4.71. The second-order valence-electron chi connectivity index (χ2n) is 6.24. The molecule has 0 bridgehead atoms. The summed E-state index contributed by atoms with van der Waals surface area (Å²) in [5.41, 5.74) is 3.61. The molecular formula is C21H21N3O2. The van der Waals surface area contributed by atoms with Gasteiger partial charge in [-0.2, -0.15) is 0 Å². The van der Waals surface area contributed by atoms with Crippen molar-refractivity contribution in [1.82, 2.24) is 4.57 Å². The maximum absolute atomic E-state index is 12.5. The number of anilines is 2. The van der Waals surface area contributed by atoms with Crippen molar-refractivity contribution in [3.05, 3.63) is 78.6 Å². The van der Waals surface area contributed by atoms with Crippen molar-refractivity contribution in [3.63, 3.8) is 0 Å². The number of carbonyl (C=O) groups is 1. The Bertz CT molecular complexity index is 849. The summed E-state index contributed by atoms with van der Waals surface area (Å²) in [5, 5.41) is 2.95. The third-order valence-electron chi connectivity index (χ3n) is 4.53. The van der Waals surface area contributed by atoms with Crippen LogP contribution in [0.25, 0.3) is 5.69 Å². The Hall–Kier alpha value is -3.05. The molecule has 5 nitrogen and oxygen atoms in total. The molecule has 1 N–H and O–H groups in total. The van der Waals surface area contributed by atoms with Gasteiger partial charge in [0.15, 0.2) is 0 Å². The van der Waals surface area contributed by atoms with Crippen molar-refractivity contribution in [1.29, 1.82) is 0 Å². The summed E-state index contributed by atoms with van der Waals surface area (Å²) in [6.45, 7) is 3.33. The van der Waals surface area contributed by atoms with Crippen LogP contribution in [0, 0.1) is 0 Å². The lowest BCUT2D eigenvalue weighted by molar-refractivity contribution is 0.102. The van der Waals surface area contributed by atoms with Crippen molar-refractivity contribution in [2.75, 3.05) is 36.5 Å². The highest BCUT2D eigenvalue weighted by molar-refractivity contribution is 6.04. The van der Waals surface area contributed by atoms with Crippen molar-refractivity contribution >= 4 is 17.3 Å². The first-order chi connectivity index (χ1) is 12.8. The third-order valence-corrected chi connectivity index (χ3v) is 4.53. The SMILES string of the molecule is O=C(Nc1ccc(N2CCOCC2)cc1)c1ccc(-n2cccc2)cc1. The van der Waals surface area contributed by atoms with Crippen LogP contribution in [0.3, 0.4) is 0 Å². The first-order valence-corrected chi connectivity index (χ1v) is 8.77. The van der Waals surface area contributed by atoms with Crippen molar-refractivity contribution in [2.45, 2.75) is 0 Å². The zero-order chi connectivity index (χ0) is 17.8. The molecule has 1 aliphatic heterocycles.